The van der Waals surface area contributed by atoms with Crippen LogP contribution in [0.1, 0.15) is 162 Å². The van der Waals surface area contributed by atoms with Gasteiger partial charge in [-0.25, -0.2) is 4.57 Å². The molecule has 10 heteroatoms. The van der Waals surface area contributed by atoms with Crippen molar-refractivity contribution in [2.45, 2.75) is 168 Å². The van der Waals surface area contributed by atoms with Gasteiger partial charge in [0, 0.05) is 12.8 Å². The Balaban J connectivity index is 4.49. The summed E-state index contributed by atoms with van der Waals surface area (Å²) in [6.07, 6.45) is 52.2. The summed E-state index contributed by atoms with van der Waals surface area (Å²) in [6.45, 7) is 4.19. The molecule has 0 radical (unpaired) electrons. The molecule has 9 nitrogen and oxygen atoms in total. The first-order valence-corrected chi connectivity index (χ1v) is 24.3. The molecule has 0 aromatic heterocycles. The number of hydrogen-bond acceptors (Lipinski definition) is 7. The lowest BCUT2D eigenvalue weighted by Gasteiger charge is -2.24. The Hall–Kier alpha value is -2.81. The van der Waals surface area contributed by atoms with Crippen LogP contribution in [0.25, 0.3) is 0 Å². The highest BCUT2D eigenvalue weighted by atomic mass is 31.2. The van der Waals surface area contributed by atoms with Gasteiger partial charge in [0.2, 0.25) is 0 Å². The quantitative estimate of drug-likeness (QED) is 0.0214. The maximum absolute atomic E-state index is 12.7. The van der Waals surface area contributed by atoms with Crippen molar-refractivity contribution in [1.29, 1.82) is 0 Å². The van der Waals surface area contributed by atoms with Gasteiger partial charge in [-0.05, 0) is 77.0 Å². The molecular formula is C49H85NO8P+. The first kappa shape index (κ1) is 56.2. The van der Waals surface area contributed by atoms with Crippen molar-refractivity contribution in [3.8, 4) is 0 Å². The molecule has 0 aliphatic rings. The number of ether oxygens (including phenoxy) is 2. The average Bonchev–Trinajstić information content (AvgIpc) is 3.19. The summed E-state index contributed by atoms with van der Waals surface area (Å²) in [6, 6.07) is 0. The Morgan fingerprint density at radius 1 is 0.542 bits per heavy atom. The third kappa shape index (κ3) is 44.6. The monoisotopic (exact) mass is 847 g/mol. The van der Waals surface area contributed by atoms with E-state index < -0.39 is 32.5 Å². The van der Waals surface area contributed by atoms with Crippen molar-refractivity contribution in [3.63, 3.8) is 0 Å². The number of phosphoric acid groups is 1. The average molecular weight is 847 g/mol. The van der Waals surface area contributed by atoms with E-state index in [1.54, 1.807) is 0 Å². The minimum absolute atomic E-state index is 0.0147. The summed E-state index contributed by atoms with van der Waals surface area (Å²) in [7, 11) is 1.42. The Morgan fingerprint density at radius 3 is 1.51 bits per heavy atom. The standard InChI is InChI=1S/C49H84NO8P/c1-6-8-10-12-14-16-18-20-22-24-25-26-28-29-31-33-35-37-39-41-48(51)55-45-47(46-57-59(53,54)56-44-43-50(3,4)5)58-49(52)42-40-38-36-34-32-30-27-23-21-19-17-15-13-11-9-7-2/h8,10,14,16,20,22-23,25-27,29,31,35,37,47H,6-7,9,11-13,15,17-19,21,24,28,30,32-34,36,38-46H2,1-5H3/p+1/b10-8-,16-14-,22-20-,26-25-,27-23-,31-29-,37-35-/t47-/m1/s1. The highest BCUT2D eigenvalue weighted by Gasteiger charge is 2.27. The molecule has 0 rings (SSSR count). The molecule has 2 atom stereocenters. The van der Waals surface area contributed by atoms with Crippen molar-refractivity contribution >= 4 is 19.8 Å². The number of unbranched alkanes of at least 4 members (excludes halogenated alkanes) is 12. The highest BCUT2D eigenvalue weighted by molar-refractivity contribution is 7.47. The van der Waals surface area contributed by atoms with Crippen LogP contribution in [0.15, 0.2) is 85.1 Å². The van der Waals surface area contributed by atoms with Crippen LogP contribution in [0.4, 0.5) is 0 Å². The normalized spacial score (nSPS) is 14.3. The van der Waals surface area contributed by atoms with E-state index in [0.717, 1.165) is 70.6 Å². The zero-order chi connectivity index (χ0) is 43.6. The van der Waals surface area contributed by atoms with Crippen molar-refractivity contribution in [2.24, 2.45) is 0 Å². The molecule has 1 N–H and O–H groups in total. The lowest BCUT2D eigenvalue weighted by Crippen LogP contribution is -2.37. The van der Waals surface area contributed by atoms with Crippen molar-refractivity contribution < 1.29 is 42.1 Å². The van der Waals surface area contributed by atoms with Crippen LogP contribution in [0.3, 0.4) is 0 Å². The van der Waals surface area contributed by atoms with Gasteiger partial charge in [0.15, 0.2) is 6.10 Å². The van der Waals surface area contributed by atoms with Gasteiger partial charge in [-0.2, -0.15) is 0 Å². The zero-order valence-electron chi connectivity index (χ0n) is 38.0. The Kier molecular flexibility index (Phi) is 38.7. The van der Waals surface area contributed by atoms with Gasteiger partial charge in [-0.3, -0.25) is 18.6 Å². The van der Waals surface area contributed by atoms with E-state index in [4.69, 9.17) is 18.5 Å². The summed E-state index contributed by atoms with van der Waals surface area (Å²) in [5.74, 6) is -0.913. The van der Waals surface area contributed by atoms with Crippen molar-refractivity contribution in [1.82, 2.24) is 0 Å². The number of likely N-dealkylation sites (N-methyl/N-ethyl adjacent to an activating group) is 1. The van der Waals surface area contributed by atoms with Gasteiger partial charge >= 0.3 is 19.8 Å². The molecule has 0 aliphatic heterocycles. The van der Waals surface area contributed by atoms with Gasteiger partial charge in [-0.15, -0.1) is 0 Å². The SMILES string of the molecule is CC/C=C\C/C=C\C/C=C\C/C=C\C/C=C\C/C=C\CCC(=O)OC[C@H](COP(=O)(O)OCC[N+](C)(C)C)OC(=O)CCCCCCC/C=C\CCCCCCCCC. The van der Waals surface area contributed by atoms with Crippen LogP contribution in [-0.4, -0.2) is 74.9 Å². The Bertz CT molecular complexity index is 1280. The molecule has 59 heavy (non-hydrogen) atoms. The van der Waals surface area contributed by atoms with Gasteiger partial charge in [0.05, 0.1) is 27.7 Å². The Labute approximate surface area is 361 Å². The summed E-state index contributed by atoms with van der Waals surface area (Å²) in [5, 5.41) is 0. The molecule has 0 fully saturated rings. The third-order valence-corrected chi connectivity index (χ3v) is 10.2. The topological polar surface area (TPSA) is 108 Å². The second kappa shape index (κ2) is 40.6. The molecule has 0 heterocycles. The second-order valence-electron chi connectivity index (χ2n) is 16.0. The lowest BCUT2D eigenvalue weighted by molar-refractivity contribution is -0.870. The molecule has 0 amide bonds. The highest BCUT2D eigenvalue weighted by Crippen LogP contribution is 2.43. The molecule has 0 saturated carbocycles. The number of carbonyl (C=O) groups is 2. The van der Waals surface area contributed by atoms with E-state index in [0.29, 0.717) is 23.9 Å². The fourth-order valence-electron chi connectivity index (χ4n) is 5.62. The fourth-order valence-corrected chi connectivity index (χ4v) is 6.36. The molecule has 0 spiro atoms. The molecular weight excluding hydrogens is 762 g/mol. The van der Waals surface area contributed by atoms with Crippen LogP contribution in [0, 0.1) is 0 Å². The number of allylic oxidation sites excluding steroid dienone is 14. The van der Waals surface area contributed by atoms with E-state index >= 15 is 0 Å². The largest absolute Gasteiger partial charge is 0.472 e. The van der Waals surface area contributed by atoms with E-state index in [2.05, 4.69) is 86.8 Å². The van der Waals surface area contributed by atoms with Crippen LogP contribution < -0.4 is 0 Å². The minimum atomic E-state index is -4.40. The molecule has 1 unspecified atom stereocenters. The van der Waals surface area contributed by atoms with Gasteiger partial charge in [-0.1, -0.05) is 157 Å². The van der Waals surface area contributed by atoms with E-state index in [-0.39, 0.29) is 26.1 Å². The lowest BCUT2D eigenvalue weighted by atomic mass is 10.1. The van der Waals surface area contributed by atoms with E-state index in [9.17, 15) is 19.0 Å². The van der Waals surface area contributed by atoms with Gasteiger partial charge in [0.25, 0.3) is 0 Å². The third-order valence-electron chi connectivity index (χ3n) is 9.17. The summed E-state index contributed by atoms with van der Waals surface area (Å²) in [4.78, 5) is 35.4. The second-order valence-corrected chi connectivity index (χ2v) is 17.5. The Morgan fingerprint density at radius 2 is 1.00 bits per heavy atom. The molecule has 0 saturated heterocycles. The number of phosphoric ester groups is 1. The van der Waals surface area contributed by atoms with E-state index in [1.165, 1.54) is 51.4 Å². The first-order valence-electron chi connectivity index (χ1n) is 22.8. The maximum Gasteiger partial charge on any atom is 0.472 e. The number of nitrogens with zero attached hydrogens (tertiary/aromatic N) is 1. The number of carbonyl (C=O) groups excluding carboxylic acids is 2. The minimum Gasteiger partial charge on any atom is -0.462 e. The van der Waals surface area contributed by atoms with Crippen LogP contribution in [0.5, 0.6) is 0 Å². The summed E-state index contributed by atoms with van der Waals surface area (Å²) >= 11 is 0. The molecule has 0 bridgehead atoms. The van der Waals surface area contributed by atoms with Crippen LogP contribution >= 0.6 is 7.82 Å². The molecule has 0 aromatic rings. The number of esters is 2. The number of rotatable bonds is 40. The van der Waals surface area contributed by atoms with Crippen LogP contribution in [-0.2, 0) is 32.7 Å². The predicted octanol–water partition coefficient (Wildman–Crippen LogP) is 13.2. The first-order chi connectivity index (χ1) is 28.5. The van der Waals surface area contributed by atoms with Crippen LogP contribution in [0.2, 0.25) is 0 Å². The van der Waals surface area contributed by atoms with Gasteiger partial charge < -0.3 is 18.9 Å². The number of quaternary nitrogens is 1. The zero-order valence-corrected chi connectivity index (χ0v) is 38.8. The van der Waals surface area contributed by atoms with E-state index in [1.807, 2.05) is 33.3 Å². The fraction of sp³-hybridized carbons (Fsp3) is 0.673. The molecule has 0 aromatic carbocycles. The molecule has 0 aliphatic carbocycles. The maximum atomic E-state index is 12.7. The van der Waals surface area contributed by atoms with Crippen molar-refractivity contribution in [2.75, 3.05) is 47.5 Å². The summed E-state index contributed by atoms with van der Waals surface area (Å²) in [5.41, 5.74) is 0. The summed E-state index contributed by atoms with van der Waals surface area (Å²) < 4.78 is 34.2. The smallest absolute Gasteiger partial charge is 0.462 e. The number of hydrogen-bond donors (Lipinski definition) is 1. The predicted molar refractivity (Wildman–Crippen MR) is 247 cm³/mol. The van der Waals surface area contributed by atoms with Crippen molar-refractivity contribution in [3.05, 3.63) is 85.1 Å². The van der Waals surface area contributed by atoms with Gasteiger partial charge in [0.1, 0.15) is 19.8 Å². The molecule has 338 valence electrons.